The molecule has 0 spiro atoms. The van der Waals surface area contributed by atoms with Gasteiger partial charge in [-0.3, -0.25) is 4.90 Å². The third kappa shape index (κ3) is 3.67. The van der Waals surface area contributed by atoms with Crippen molar-refractivity contribution in [3.05, 3.63) is 0 Å². The van der Waals surface area contributed by atoms with Crippen LogP contribution in [0.3, 0.4) is 0 Å². The lowest BCUT2D eigenvalue weighted by Gasteiger charge is -2.36. The molecule has 1 heterocycles. The van der Waals surface area contributed by atoms with Crippen molar-refractivity contribution in [3.63, 3.8) is 0 Å². The molecule has 0 saturated carbocycles. The molecule has 0 aromatic heterocycles. The summed E-state index contributed by atoms with van der Waals surface area (Å²) >= 11 is 0. The van der Waals surface area contributed by atoms with Crippen molar-refractivity contribution in [2.24, 2.45) is 0 Å². The summed E-state index contributed by atoms with van der Waals surface area (Å²) in [5.74, 6) is 2.57. The fraction of sp³-hybridized carbons (Fsp3) is 0.818. The monoisotopic (exact) mass is 196 g/mol. The topological polar surface area (TPSA) is 24.5 Å². The second-order valence-electron chi connectivity index (χ2n) is 3.87. The Balaban J connectivity index is 2.18. The predicted octanol–water partition coefficient (Wildman–Crippen LogP) is 0.318. The Morgan fingerprint density at radius 2 is 2.36 bits per heavy atom. The van der Waals surface area contributed by atoms with Gasteiger partial charge in [-0.25, -0.2) is 0 Å². The molecule has 80 valence electrons. The van der Waals surface area contributed by atoms with Crippen LogP contribution in [0.2, 0.25) is 0 Å². The molecule has 0 radical (unpaired) electrons. The summed E-state index contributed by atoms with van der Waals surface area (Å²) in [6, 6.07) is 0.527. The predicted molar refractivity (Wildman–Crippen MR) is 58.2 cm³/mol. The van der Waals surface area contributed by atoms with Crippen molar-refractivity contribution in [1.29, 1.82) is 0 Å². The summed E-state index contributed by atoms with van der Waals surface area (Å²) in [6.45, 7) is 8.86. The van der Waals surface area contributed by atoms with Crippen LogP contribution in [0.5, 0.6) is 0 Å². The Morgan fingerprint density at radius 3 is 3.07 bits per heavy atom. The standard InChI is InChI=1S/C11H20N2O/c1-4-5-12-6-7-13-8-11(3)14-9-10(13)2/h1,10-12H,5-9H2,2-3H3. The van der Waals surface area contributed by atoms with Gasteiger partial charge in [0.1, 0.15) is 0 Å². The normalized spacial score (nSPS) is 28.6. The van der Waals surface area contributed by atoms with E-state index in [1.165, 1.54) is 0 Å². The number of ether oxygens (including phenoxy) is 1. The lowest BCUT2D eigenvalue weighted by atomic mass is 10.2. The molecule has 0 aromatic rings. The van der Waals surface area contributed by atoms with Gasteiger partial charge >= 0.3 is 0 Å². The largest absolute Gasteiger partial charge is 0.376 e. The summed E-state index contributed by atoms with van der Waals surface area (Å²) < 4.78 is 5.55. The molecule has 0 amide bonds. The molecule has 1 fully saturated rings. The number of morpholine rings is 1. The van der Waals surface area contributed by atoms with Gasteiger partial charge in [-0.1, -0.05) is 5.92 Å². The van der Waals surface area contributed by atoms with E-state index in [-0.39, 0.29) is 0 Å². The van der Waals surface area contributed by atoms with Crippen LogP contribution in [-0.2, 0) is 4.74 Å². The molecule has 1 N–H and O–H groups in total. The molecule has 3 heteroatoms. The zero-order valence-corrected chi connectivity index (χ0v) is 9.12. The summed E-state index contributed by atoms with van der Waals surface area (Å²) in [5.41, 5.74) is 0. The number of terminal acetylenes is 1. The number of hydrogen-bond donors (Lipinski definition) is 1. The Morgan fingerprint density at radius 1 is 1.57 bits per heavy atom. The lowest BCUT2D eigenvalue weighted by molar-refractivity contribution is -0.0485. The van der Waals surface area contributed by atoms with E-state index < -0.39 is 0 Å². The van der Waals surface area contributed by atoms with Crippen molar-refractivity contribution in [1.82, 2.24) is 10.2 Å². The Bertz CT molecular complexity index is 200. The van der Waals surface area contributed by atoms with Crippen LogP contribution in [0.25, 0.3) is 0 Å². The highest BCUT2D eigenvalue weighted by Gasteiger charge is 2.22. The summed E-state index contributed by atoms with van der Waals surface area (Å²) in [6.07, 6.45) is 5.51. The van der Waals surface area contributed by atoms with Gasteiger partial charge in [-0.05, 0) is 13.8 Å². The first-order valence-electron chi connectivity index (χ1n) is 5.24. The Hall–Kier alpha value is -0.560. The summed E-state index contributed by atoms with van der Waals surface area (Å²) in [5, 5.41) is 3.20. The summed E-state index contributed by atoms with van der Waals surface area (Å²) in [7, 11) is 0. The van der Waals surface area contributed by atoms with Gasteiger partial charge in [0.2, 0.25) is 0 Å². The number of rotatable bonds is 4. The van der Waals surface area contributed by atoms with Crippen molar-refractivity contribution < 1.29 is 4.74 Å². The number of hydrogen-bond acceptors (Lipinski definition) is 3. The number of nitrogens with one attached hydrogen (secondary N) is 1. The maximum Gasteiger partial charge on any atom is 0.0674 e. The van der Waals surface area contributed by atoms with Crippen molar-refractivity contribution in [2.45, 2.75) is 26.0 Å². The SMILES string of the molecule is C#CCNCCN1CC(C)OCC1C. The van der Waals surface area contributed by atoms with Crippen LogP contribution in [0.15, 0.2) is 0 Å². The highest BCUT2D eigenvalue weighted by atomic mass is 16.5. The minimum Gasteiger partial charge on any atom is -0.376 e. The second-order valence-corrected chi connectivity index (χ2v) is 3.87. The number of nitrogens with zero attached hydrogens (tertiary/aromatic N) is 1. The van der Waals surface area contributed by atoms with E-state index >= 15 is 0 Å². The summed E-state index contributed by atoms with van der Waals surface area (Å²) in [4.78, 5) is 2.44. The van der Waals surface area contributed by atoms with Crippen LogP contribution in [0, 0.1) is 12.3 Å². The van der Waals surface area contributed by atoms with Crippen LogP contribution >= 0.6 is 0 Å². The quantitative estimate of drug-likeness (QED) is 0.517. The molecule has 3 nitrogen and oxygen atoms in total. The molecule has 0 aliphatic carbocycles. The van der Waals surface area contributed by atoms with Gasteiger partial charge in [0.05, 0.1) is 19.3 Å². The molecule has 2 unspecified atom stereocenters. The molecule has 2 atom stereocenters. The van der Waals surface area contributed by atoms with E-state index in [2.05, 4.69) is 30.0 Å². The molecule has 1 aliphatic heterocycles. The molecular weight excluding hydrogens is 176 g/mol. The minimum absolute atomic E-state index is 0.360. The van der Waals surface area contributed by atoms with E-state index in [9.17, 15) is 0 Å². The third-order valence-corrected chi connectivity index (χ3v) is 2.54. The average molecular weight is 196 g/mol. The van der Waals surface area contributed by atoms with Crippen molar-refractivity contribution >= 4 is 0 Å². The maximum atomic E-state index is 5.55. The first-order valence-corrected chi connectivity index (χ1v) is 5.24. The van der Waals surface area contributed by atoms with E-state index in [1.807, 2.05) is 0 Å². The maximum absolute atomic E-state index is 5.55. The smallest absolute Gasteiger partial charge is 0.0674 e. The highest BCUT2D eigenvalue weighted by molar-refractivity contribution is 4.86. The van der Waals surface area contributed by atoms with Crippen LogP contribution < -0.4 is 5.32 Å². The van der Waals surface area contributed by atoms with Gasteiger partial charge in [-0.2, -0.15) is 0 Å². The Kier molecular flexibility index (Phi) is 4.95. The van der Waals surface area contributed by atoms with Gasteiger partial charge < -0.3 is 10.1 Å². The van der Waals surface area contributed by atoms with Crippen LogP contribution in [0.4, 0.5) is 0 Å². The molecule has 14 heavy (non-hydrogen) atoms. The zero-order chi connectivity index (χ0) is 10.4. The van der Waals surface area contributed by atoms with Crippen molar-refractivity contribution in [2.75, 3.05) is 32.8 Å². The zero-order valence-electron chi connectivity index (χ0n) is 9.12. The first-order chi connectivity index (χ1) is 6.74. The van der Waals surface area contributed by atoms with E-state index in [0.717, 1.165) is 26.2 Å². The average Bonchev–Trinajstić information content (AvgIpc) is 2.18. The fourth-order valence-corrected chi connectivity index (χ4v) is 1.67. The van der Waals surface area contributed by atoms with Gasteiger partial charge in [-0.15, -0.1) is 6.42 Å². The molecule has 0 aromatic carbocycles. The van der Waals surface area contributed by atoms with Crippen LogP contribution in [-0.4, -0.2) is 49.8 Å². The molecular formula is C11H20N2O. The van der Waals surface area contributed by atoms with Crippen molar-refractivity contribution in [3.8, 4) is 12.3 Å². The van der Waals surface area contributed by atoms with E-state index in [4.69, 9.17) is 11.2 Å². The second kappa shape index (κ2) is 6.02. The van der Waals surface area contributed by atoms with Gasteiger partial charge in [0, 0.05) is 25.7 Å². The van der Waals surface area contributed by atoms with Gasteiger partial charge in [0.15, 0.2) is 0 Å². The molecule has 1 rings (SSSR count). The molecule has 1 aliphatic rings. The Labute approximate surface area is 86.8 Å². The fourth-order valence-electron chi connectivity index (χ4n) is 1.67. The third-order valence-electron chi connectivity index (χ3n) is 2.54. The van der Waals surface area contributed by atoms with Gasteiger partial charge in [0.25, 0.3) is 0 Å². The molecule has 0 bridgehead atoms. The lowest BCUT2D eigenvalue weighted by Crippen LogP contribution is -2.49. The highest BCUT2D eigenvalue weighted by Crippen LogP contribution is 2.09. The first kappa shape index (κ1) is 11.5. The van der Waals surface area contributed by atoms with E-state index in [1.54, 1.807) is 0 Å². The van der Waals surface area contributed by atoms with E-state index in [0.29, 0.717) is 18.7 Å². The van der Waals surface area contributed by atoms with Crippen LogP contribution in [0.1, 0.15) is 13.8 Å². The minimum atomic E-state index is 0.360. The molecule has 1 saturated heterocycles.